The number of alkyl halides is 3. The highest BCUT2D eigenvalue weighted by atomic mass is 19.4. The van der Waals surface area contributed by atoms with Crippen molar-refractivity contribution in [1.82, 2.24) is 14.3 Å². The Balaban J connectivity index is 1.97. The van der Waals surface area contributed by atoms with Gasteiger partial charge < -0.3 is 5.32 Å². The monoisotopic (exact) mass is 426 g/mol. The summed E-state index contributed by atoms with van der Waals surface area (Å²) in [5, 5.41) is 7.99. The molecule has 0 aliphatic carbocycles. The van der Waals surface area contributed by atoms with E-state index in [9.17, 15) is 22.8 Å². The molecule has 0 aliphatic heterocycles. The Hall–Kier alpha value is -3.88. The summed E-state index contributed by atoms with van der Waals surface area (Å²) in [6.45, 7) is 1.72. The second-order valence-corrected chi connectivity index (χ2v) is 6.97. The van der Waals surface area contributed by atoms with Crippen molar-refractivity contribution >= 4 is 33.4 Å². The number of halogens is 3. The molecule has 0 fully saturated rings. The molecular formula is C22H17F3N4O2. The molecule has 158 valence electrons. The van der Waals surface area contributed by atoms with Crippen molar-refractivity contribution in [1.29, 1.82) is 0 Å². The van der Waals surface area contributed by atoms with Crippen LogP contribution in [0.15, 0.2) is 65.6 Å². The first-order valence-corrected chi connectivity index (χ1v) is 9.32. The maximum absolute atomic E-state index is 13.2. The van der Waals surface area contributed by atoms with Gasteiger partial charge in [0.25, 0.3) is 5.56 Å². The maximum atomic E-state index is 13.2. The first kappa shape index (κ1) is 20.4. The molecule has 1 N–H and O–H groups in total. The Kier molecular flexibility index (Phi) is 4.88. The second kappa shape index (κ2) is 7.42. The number of anilines is 1. The van der Waals surface area contributed by atoms with E-state index in [4.69, 9.17) is 0 Å². The number of amides is 1. The Labute approximate surface area is 174 Å². The van der Waals surface area contributed by atoms with Gasteiger partial charge in [0, 0.05) is 30.0 Å². The van der Waals surface area contributed by atoms with Gasteiger partial charge in [0.05, 0.1) is 16.5 Å². The SMILES string of the molecule is C/C=C/C(=O)Nc1ccc2c(c1)c1nn(C)cc1c(=O)n2-c1ccc(C(F)(F)F)cc1. The Morgan fingerprint density at radius 2 is 1.81 bits per heavy atom. The summed E-state index contributed by atoms with van der Waals surface area (Å²) >= 11 is 0. The van der Waals surface area contributed by atoms with E-state index < -0.39 is 17.3 Å². The summed E-state index contributed by atoms with van der Waals surface area (Å²) in [5.74, 6) is -0.310. The van der Waals surface area contributed by atoms with Crippen molar-refractivity contribution in [2.75, 3.05) is 5.32 Å². The van der Waals surface area contributed by atoms with E-state index in [2.05, 4.69) is 10.4 Å². The predicted octanol–water partition coefficient (Wildman–Crippen LogP) is 4.41. The summed E-state index contributed by atoms with van der Waals surface area (Å²) in [6, 6.07) is 9.33. The maximum Gasteiger partial charge on any atom is 0.416 e. The number of carbonyl (C=O) groups is 1. The standard InChI is InChI=1S/C22H17F3N4O2/c1-3-4-19(30)26-14-7-10-18-16(11-14)20-17(12-28(2)27-20)21(31)29(18)15-8-5-13(6-9-15)22(23,24)25/h3-12H,1-2H3,(H,26,30)/b4-3+. The number of aryl methyl sites for hydroxylation is 1. The lowest BCUT2D eigenvalue weighted by Crippen LogP contribution is -2.19. The van der Waals surface area contributed by atoms with Crippen LogP contribution in [0.2, 0.25) is 0 Å². The number of hydrogen-bond donors (Lipinski definition) is 1. The number of allylic oxidation sites excluding steroid dienone is 1. The number of aromatic nitrogens is 3. The predicted molar refractivity (Wildman–Crippen MR) is 112 cm³/mol. The summed E-state index contributed by atoms with van der Waals surface area (Å²) in [5.41, 5.74) is 0.485. The largest absolute Gasteiger partial charge is 0.416 e. The molecule has 0 unspecified atom stereocenters. The molecule has 4 aromatic rings. The minimum Gasteiger partial charge on any atom is -0.322 e. The molecule has 0 radical (unpaired) electrons. The van der Waals surface area contributed by atoms with Gasteiger partial charge in [-0.15, -0.1) is 0 Å². The Morgan fingerprint density at radius 1 is 1.10 bits per heavy atom. The highest BCUT2D eigenvalue weighted by Gasteiger charge is 2.30. The summed E-state index contributed by atoms with van der Waals surface area (Å²) in [4.78, 5) is 25.1. The molecule has 1 amide bonds. The van der Waals surface area contributed by atoms with Crippen LogP contribution in [0.4, 0.5) is 18.9 Å². The van der Waals surface area contributed by atoms with Gasteiger partial charge in [0.15, 0.2) is 0 Å². The fraction of sp³-hybridized carbons (Fsp3) is 0.136. The van der Waals surface area contributed by atoms with Crippen LogP contribution in [0.3, 0.4) is 0 Å². The summed E-state index contributed by atoms with van der Waals surface area (Å²) in [6.07, 6.45) is 0.0704. The number of hydrogen-bond acceptors (Lipinski definition) is 3. The van der Waals surface area contributed by atoms with Crippen LogP contribution in [-0.4, -0.2) is 20.3 Å². The van der Waals surface area contributed by atoms with E-state index in [1.165, 1.54) is 27.5 Å². The van der Waals surface area contributed by atoms with Gasteiger partial charge in [-0.3, -0.25) is 18.8 Å². The van der Waals surface area contributed by atoms with Crippen LogP contribution in [0.25, 0.3) is 27.5 Å². The molecule has 0 saturated heterocycles. The van der Waals surface area contributed by atoms with Crippen LogP contribution in [0, 0.1) is 0 Å². The minimum atomic E-state index is -4.47. The zero-order valence-electron chi connectivity index (χ0n) is 16.6. The van der Waals surface area contributed by atoms with Crippen molar-refractivity contribution in [2.45, 2.75) is 13.1 Å². The molecule has 0 atom stereocenters. The van der Waals surface area contributed by atoms with Gasteiger partial charge in [-0.2, -0.15) is 18.3 Å². The number of fused-ring (bicyclic) bond motifs is 3. The molecule has 4 rings (SSSR count). The normalized spacial score (nSPS) is 12.2. The van der Waals surface area contributed by atoms with E-state index in [1.54, 1.807) is 44.4 Å². The number of nitrogens with one attached hydrogen (secondary N) is 1. The molecule has 0 aliphatic rings. The topological polar surface area (TPSA) is 68.9 Å². The Morgan fingerprint density at radius 3 is 2.45 bits per heavy atom. The van der Waals surface area contributed by atoms with Gasteiger partial charge >= 0.3 is 6.18 Å². The number of nitrogens with zero attached hydrogens (tertiary/aromatic N) is 3. The van der Waals surface area contributed by atoms with Gasteiger partial charge in [0.1, 0.15) is 5.52 Å². The van der Waals surface area contributed by atoms with Gasteiger partial charge in [-0.05, 0) is 55.5 Å². The molecule has 0 spiro atoms. The molecule has 2 aromatic heterocycles. The highest BCUT2D eigenvalue weighted by Crippen LogP contribution is 2.31. The van der Waals surface area contributed by atoms with Crippen LogP contribution in [0.5, 0.6) is 0 Å². The van der Waals surface area contributed by atoms with Crippen LogP contribution in [-0.2, 0) is 18.0 Å². The molecular weight excluding hydrogens is 409 g/mol. The number of carbonyl (C=O) groups excluding carboxylic acids is 1. The zero-order chi connectivity index (χ0) is 22.3. The number of pyridine rings is 1. The first-order valence-electron chi connectivity index (χ1n) is 9.32. The van der Waals surface area contributed by atoms with Gasteiger partial charge in [0.2, 0.25) is 5.91 Å². The zero-order valence-corrected chi connectivity index (χ0v) is 16.6. The molecule has 0 bridgehead atoms. The van der Waals surface area contributed by atoms with E-state index in [0.717, 1.165) is 12.1 Å². The van der Waals surface area contributed by atoms with E-state index in [0.29, 0.717) is 33.2 Å². The van der Waals surface area contributed by atoms with E-state index in [-0.39, 0.29) is 5.91 Å². The molecule has 31 heavy (non-hydrogen) atoms. The highest BCUT2D eigenvalue weighted by molar-refractivity contribution is 6.07. The van der Waals surface area contributed by atoms with E-state index in [1.807, 2.05) is 0 Å². The summed E-state index contributed by atoms with van der Waals surface area (Å²) < 4.78 is 41.7. The second-order valence-electron chi connectivity index (χ2n) is 6.97. The van der Waals surface area contributed by atoms with Gasteiger partial charge in [-0.1, -0.05) is 6.08 Å². The summed E-state index contributed by atoms with van der Waals surface area (Å²) in [7, 11) is 1.67. The molecule has 6 nitrogen and oxygen atoms in total. The molecule has 2 aromatic carbocycles. The van der Waals surface area contributed by atoms with Crippen molar-refractivity contribution in [2.24, 2.45) is 7.05 Å². The third-order valence-electron chi connectivity index (χ3n) is 4.79. The molecule has 9 heteroatoms. The van der Waals surface area contributed by atoms with Crippen molar-refractivity contribution in [3.05, 3.63) is 76.7 Å². The smallest absolute Gasteiger partial charge is 0.322 e. The van der Waals surface area contributed by atoms with Crippen LogP contribution in [0.1, 0.15) is 12.5 Å². The quantitative estimate of drug-likeness (QED) is 0.494. The third-order valence-corrected chi connectivity index (χ3v) is 4.79. The van der Waals surface area contributed by atoms with Crippen molar-refractivity contribution in [3.63, 3.8) is 0 Å². The lowest BCUT2D eigenvalue weighted by atomic mass is 10.1. The minimum absolute atomic E-state index is 0.291. The third kappa shape index (κ3) is 3.70. The van der Waals surface area contributed by atoms with Crippen molar-refractivity contribution < 1.29 is 18.0 Å². The number of rotatable bonds is 3. The van der Waals surface area contributed by atoms with Gasteiger partial charge in [-0.25, -0.2) is 0 Å². The van der Waals surface area contributed by atoms with E-state index >= 15 is 0 Å². The molecule has 0 saturated carbocycles. The number of benzene rings is 2. The fourth-order valence-electron chi connectivity index (χ4n) is 3.46. The lowest BCUT2D eigenvalue weighted by molar-refractivity contribution is -0.137. The Bertz CT molecular complexity index is 1400. The first-order chi connectivity index (χ1) is 14.7. The van der Waals surface area contributed by atoms with Crippen LogP contribution < -0.4 is 10.9 Å². The van der Waals surface area contributed by atoms with Crippen LogP contribution >= 0.6 is 0 Å². The van der Waals surface area contributed by atoms with Crippen molar-refractivity contribution in [3.8, 4) is 5.69 Å². The fourth-order valence-corrected chi connectivity index (χ4v) is 3.46. The average Bonchev–Trinajstić information content (AvgIpc) is 3.11. The average molecular weight is 426 g/mol. The lowest BCUT2D eigenvalue weighted by Gasteiger charge is -2.14. The molecule has 2 heterocycles.